The summed E-state index contributed by atoms with van der Waals surface area (Å²) in [6, 6.07) is 15.2. The molecule has 0 unspecified atom stereocenters. The lowest BCUT2D eigenvalue weighted by atomic mass is 10.1. The van der Waals surface area contributed by atoms with Crippen LogP contribution in [0, 0.1) is 0 Å². The lowest BCUT2D eigenvalue weighted by Crippen LogP contribution is -2.37. The molecule has 1 heterocycles. The predicted molar refractivity (Wildman–Crippen MR) is 111 cm³/mol. The first kappa shape index (κ1) is 19.2. The number of hydrogen-bond acceptors (Lipinski definition) is 3. The zero-order chi connectivity index (χ0) is 19.1. The van der Waals surface area contributed by atoms with Crippen LogP contribution in [-0.2, 0) is 25.9 Å². The van der Waals surface area contributed by atoms with Crippen molar-refractivity contribution < 1.29 is 4.74 Å². The van der Waals surface area contributed by atoms with Gasteiger partial charge in [0.2, 0.25) is 0 Å². The maximum Gasteiger partial charge on any atom is 0.191 e. The van der Waals surface area contributed by atoms with Gasteiger partial charge in [-0.05, 0) is 48.8 Å². The molecule has 0 atom stereocenters. The van der Waals surface area contributed by atoms with E-state index in [4.69, 9.17) is 4.74 Å². The summed E-state index contributed by atoms with van der Waals surface area (Å²) in [6.45, 7) is 3.37. The third kappa shape index (κ3) is 5.73. The van der Waals surface area contributed by atoms with Gasteiger partial charge in [0.25, 0.3) is 0 Å². The van der Waals surface area contributed by atoms with Gasteiger partial charge >= 0.3 is 0 Å². The van der Waals surface area contributed by atoms with E-state index in [0.717, 1.165) is 50.8 Å². The zero-order valence-corrected chi connectivity index (χ0v) is 16.6. The summed E-state index contributed by atoms with van der Waals surface area (Å²) < 4.78 is 5.57. The molecule has 2 N–H and O–H groups in total. The van der Waals surface area contributed by atoms with E-state index in [1.165, 1.54) is 22.3 Å². The quantitative estimate of drug-likeness (QED) is 0.584. The van der Waals surface area contributed by atoms with Crippen molar-refractivity contribution in [2.75, 3.05) is 34.3 Å². The fraction of sp³-hybridized carbons (Fsp3) is 0.409. The molecule has 27 heavy (non-hydrogen) atoms. The highest BCUT2D eigenvalue weighted by atomic mass is 16.5. The lowest BCUT2D eigenvalue weighted by molar-refractivity contribution is 0.357. The number of fused-ring (bicyclic) bond motifs is 1. The van der Waals surface area contributed by atoms with Crippen LogP contribution in [0.1, 0.15) is 22.3 Å². The number of hydrogen-bond donors (Lipinski definition) is 2. The van der Waals surface area contributed by atoms with E-state index < -0.39 is 0 Å². The maximum atomic E-state index is 5.57. The lowest BCUT2D eigenvalue weighted by Gasteiger charge is -2.14. The Kier molecular flexibility index (Phi) is 6.71. The van der Waals surface area contributed by atoms with Gasteiger partial charge in [-0.15, -0.1) is 0 Å². The average molecular weight is 367 g/mol. The van der Waals surface area contributed by atoms with Crippen molar-refractivity contribution in [2.24, 2.45) is 4.99 Å². The van der Waals surface area contributed by atoms with Crippen molar-refractivity contribution in [3.8, 4) is 5.75 Å². The molecule has 144 valence electrons. The monoisotopic (exact) mass is 366 g/mol. The number of aliphatic imine (C=N–C) groups is 1. The van der Waals surface area contributed by atoms with Crippen LogP contribution in [0.3, 0.4) is 0 Å². The van der Waals surface area contributed by atoms with Crippen LogP contribution in [0.5, 0.6) is 5.75 Å². The number of ether oxygens (including phenoxy) is 1. The first-order valence-corrected chi connectivity index (χ1v) is 9.55. The van der Waals surface area contributed by atoms with Crippen molar-refractivity contribution in [3.63, 3.8) is 0 Å². The molecule has 0 bridgehead atoms. The Balaban J connectivity index is 1.45. The molecular weight excluding hydrogens is 336 g/mol. The van der Waals surface area contributed by atoms with Gasteiger partial charge in [-0.25, -0.2) is 0 Å². The number of benzene rings is 2. The molecule has 2 aromatic carbocycles. The Morgan fingerprint density at radius 2 is 1.93 bits per heavy atom. The Morgan fingerprint density at radius 3 is 2.74 bits per heavy atom. The van der Waals surface area contributed by atoms with E-state index in [0.29, 0.717) is 0 Å². The van der Waals surface area contributed by atoms with Crippen molar-refractivity contribution in [1.82, 2.24) is 15.5 Å². The summed E-state index contributed by atoms with van der Waals surface area (Å²) in [7, 11) is 5.99. The SMILES string of the molecule is CN=C(NCCc1ccc2c(c1)CCO2)NCc1cccc(CN(C)C)c1. The van der Waals surface area contributed by atoms with Crippen LogP contribution >= 0.6 is 0 Å². The van der Waals surface area contributed by atoms with Gasteiger partial charge in [-0.3, -0.25) is 4.99 Å². The van der Waals surface area contributed by atoms with Crippen LogP contribution < -0.4 is 15.4 Å². The topological polar surface area (TPSA) is 48.9 Å². The Labute approximate surface area is 162 Å². The molecule has 0 radical (unpaired) electrons. The summed E-state index contributed by atoms with van der Waals surface area (Å²) in [5.74, 6) is 1.87. The number of nitrogens with one attached hydrogen (secondary N) is 2. The van der Waals surface area contributed by atoms with Crippen LogP contribution in [0.15, 0.2) is 47.5 Å². The molecule has 0 aromatic heterocycles. The van der Waals surface area contributed by atoms with Crippen LogP contribution in [0.4, 0.5) is 0 Å². The predicted octanol–water partition coefficient (Wildman–Crippen LogP) is 2.59. The molecule has 2 aromatic rings. The van der Waals surface area contributed by atoms with E-state index in [1.807, 2.05) is 7.05 Å². The smallest absolute Gasteiger partial charge is 0.191 e. The molecule has 3 rings (SSSR count). The van der Waals surface area contributed by atoms with Crippen LogP contribution in [-0.4, -0.2) is 45.2 Å². The van der Waals surface area contributed by atoms with E-state index in [1.54, 1.807) is 0 Å². The highest BCUT2D eigenvalue weighted by Crippen LogP contribution is 2.25. The summed E-state index contributed by atoms with van der Waals surface area (Å²) in [6.07, 6.45) is 1.99. The van der Waals surface area contributed by atoms with Crippen molar-refractivity contribution >= 4 is 5.96 Å². The second-order valence-corrected chi connectivity index (χ2v) is 7.20. The molecule has 5 nitrogen and oxygen atoms in total. The van der Waals surface area contributed by atoms with Gasteiger partial charge in [0.1, 0.15) is 5.75 Å². The second-order valence-electron chi connectivity index (χ2n) is 7.20. The molecule has 0 fully saturated rings. The third-order valence-corrected chi connectivity index (χ3v) is 4.63. The van der Waals surface area contributed by atoms with Gasteiger partial charge < -0.3 is 20.3 Å². The minimum atomic E-state index is 0.761. The summed E-state index contributed by atoms with van der Waals surface area (Å²) in [4.78, 5) is 6.51. The van der Waals surface area contributed by atoms with Crippen molar-refractivity contribution in [2.45, 2.75) is 25.9 Å². The summed E-state index contributed by atoms with van der Waals surface area (Å²) in [5, 5.41) is 6.80. The van der Waals surface area contributed by atoms with Crippen molar-refractivity contribution in [1.29, 1.82) is 0 Å². The summed E-state index contributed by atoms with van der Waals surface area (Å²) >= 11 is 0. The Morgan fingerprint density at radius 1 is 1.07 bits per heavy atom. The van der Waals surface area contributed by atoms with Gasteiger partial charge in [-0.1, -0.05) is 36.4 Å². The molecule has 0 amide bonds. The molecule has 1 aliphatic rings. The molecule has 1 aliphatic heterocycles. The molecule has 0 saturated carbocycles. The highest BCUT2D eigenvalue weighted by molar-refractivity contribution is 5.79. The molecule has 0 aliphatic carbocycles. The van der Waals surface area contributed by atoms with Gasteiger partial charge in [0.05, 0.1) is 6.61 Å². The van der Waals surface area contributed by atoms with Gasteiger partial charge in [0.15, 0.2) is 5.96 Å². The standard InChI is InChI=1S/C22H30N4O/c1-23-22(25-15-18-5-4-6-19(13-18)16-26(2)3)24-11-9-17-7-8-21-20(14-17)10-12-27-21/h4-8,13-14H,9-12,15-16H2,1-3H3,(H2,23,24,25). The number of rotatable bonds is 7. The Hall–Kier alpha value is -2.53. The van der Waals surface area contributed by atoms with Gasteiger partial charge in [-0.2, -0.15) is 0 Å². The number of nitrogens with zero attached hydrogens (tertiary/aromatic N) is 2. The van der Waals surface area contributed by atoms with Crippen LogP contribution in [0.25, 0.3) is 0 Å². The normalized spacial score (nSPS) is 13.4. The summed E-state index contributed by atoms with van der Waals surface area (Å²) in [5.41, 5.74) is 5.24. The average Bonchev–Trinajstić information content (AvgIpc) is 3.12. The number of guanidine groups is 1. The fourth-order valence-corrected chi connectivity index (χ4v) is 3.33. The van der Waals surface area contributed by atoms with Crippen molar-refractivity contribution in [3.05, 3.63) is 64.7 Å². The minimum absolute atomic E-state index is 0.761. The molecular formula is C22H30N4O. The first-order chi connectivity index (χ1) is 13.1. The van der Waals surface area contributed by atoms with E-state index in [9.17, 15) is 0 Å². The Bertz CT molecular complexity index is 786. The van der Waals surface area contributed by atoms with E-state index in [-0.39, 0.29) is 0 Å². The minimum Gasteiger partial charge on any atom is -0.493 e. The third-order valence-electron chi connectivity index (χ3n) is 4.63. The molecule has 0 saturated heterocycles. The maximum absolute atomic E-state index is 5.57. The van der Waals surface area contributed by atoms with E-state index in [2.05, 4.69) is 77.1 Å². The second kappa shape index (κ2) is 9.42. The molecule has 0 spiro atoms. The van der Waals surface area contributed by atoms with E-state index >= 15 is 0 Å². The largest absolute Gasteiger partial charge is 0.493 e. The zero-order valence-electron chi connectivity index (χ0n) is 16.6. The fourth-order valence-electron chi connectivity index (χ4n) is 3.33. The molecule has 5 heteroatoms. The van der Waals surface area contributed by atoms with Crippen LogP contribution in [0.2, 0.25) is 0 Å². The first-order valence-electron chi connectivity index (χ1n) is 9.55. The highest BCUT2D eigenvalue weighted by Gasteiger charge is 2.11. The van der Waals surface area contributed by atoms with Gasteiger partial charge in [0, 0.05) is 33.1 Å².